The van der Waals surface area contributed by atoms with Crippen LogP contribution in [0.3, 0.4) is 0 Å². The number of aryl methyl sites for hydroxylation is 2. The van der Waals surface area contributed by atoms with Crippen molar-refractivity contribution in [1.29, 1.82) is 0 Å². The number of hydrogen-bond donors (Lipinski definition) is 1. The highest BCUT2D eigenvalue weighted by molar-refractivity contribution is 7.20. The van der Waals surface area contributed by atoms with Gasteiger partial charge in [-0.3, -0.25) is 4.79 Å². The Labute approximate surface area is 156 Å². The van der Waals surface area contributed by atoms with E-state index in [2.05, 4.69) is 20.1 Å². The monoisotopic (exact) mass is 382 g/mol. The number of carbonyl (C=O) groups is 1. The normalized spacial score (nSPS) is 11.0. The van der Waals surface area contributed by atoms with Crippen molar-refractivity contribution in [2.24, 2.45) is 0 Å². The molecule has 27 heavy (non-hydrogen) atoms. The summed E-state index contributed by atoms with van der Waals surface area (Å²) in [5.74, 6) is 0.540. The number of rotatable bonds is 4. The van der Waals surface area contributed by atoms with Gasteiger partial charge in [0.25, 0.3) is 11.4 Å². The van der Waals surface area contributed by atoms with E-state index in [0.717, 1.165) is 16.9 Å². The number of ether oxygens (including phenoxy) is 1. The summed E-state index contributed by atoms with van der Waals surface area (Å²) in [6.45, 7) is 3.23. The Morgan fingerprint density at radius 2 is 2.00 bits per heavy atom. The number of esters is 1. The highest BCUT2D eigenvalue weighted by Crippen LogP contribution is 2.27. The third kappa shape index (κ3) is 3.24. The van der Waals surface area contributed by atoms with E-state index in [4.69, 9.17) is 9.26 Å². The lowest BCUT2D eigenvalue weighted by molar-refractivity contribution is 0.0435. The summed E-state index contributed by atoms with van der Waals surface area (Å²) in [6.07, 6.45) is 0. The highest BCUT2D eigenvalue weighted by Gasteiger charge is 2.21. The van der Waals surface area contributed by atoms with Crippen molar-refractivity contribution >= 4 is 27.5 Å². The molecule has 0 bridgehead atoms. The minimum atomic E-state index is -0.563. The molecular formula is C18H14N4O4S. The molecule has 4 aromatic rings. The lowest BCUT2D eigenvalue weighted by Gasteiger charge is -2.00. The van der Waals surface area contributed by atoms with Gasteiger partial charge < -0.3 is 14.2 Å². The number of H-pyrrole nitrogens is 1. The number of fused-ring (bicyclic) bond motifs is 1. The summed E-state index contributed by atoms with van der Waals surface area (Å²) in [6, 6.07) is 9.34. The Bertz CT molecular complexity index is 1190. The van der Waals surface area contributed by atoms with Gasteiger partial charge in [-0.2, -0.15) is 4.98 Å². The van der Waals surface area contributed by atoms with E-state index in [1.165, 1.54) is 0 Å². The maximum absolute atomic E-state index is 12.4. The minimum absolute atomic E-state index is 0.158. The first-order valence-corrected chi connectivity index (χ1v) is 8.89. The Morgan fingerprint density at radius 3 is 2.78 bits per heavy atom. The zero-order valence-corrected chi connectivity index (χ0v) is 15.3. The number of thiophene rings is 1. The number of nitrogens with zero attached hydrogens (tertiary/aromatic N) is 3. The number of aromatic nitrogens is 4. The second kappa shape index (κ2) is 6.76. The molecule has 0 saturated heterocycles. The zero-order valence-electron chi connectivity index (χ0n) is 14.5. The molecule has 0 aliphatic rings. The van der Waals surface area contributed by atoms with Crippen molar-refractivity contribution in [3.8, 4) is 11.4 Å². The van der Waals surface area contributed by atoms with E-state index in [0.29, 0.717) is 32.3 Å². The average molecular weight is 382 g/mol. The molecule has 0 atom stereocenters. The van der Waals surface area contributed by atoms with Gasteiger partial charge in [0.1, 0.15) is 15.5 Å². The van der Waals surface area contributed by atoms with Gasteiger partial charge in [0.2, 0.25) is 5.82 Å². The predicted molar refractivity (Wildman–Crippen MR) is 98.6 cm³/mol. The van der Waals surface area contributed by atoms with Crippen LogP contribution in [0.4, 0.5) is 0 Å². The molecule has 1 N–H and O–H groups in total. The third-order valence-electron chi connectivity index (χ3n) is 3.93. The lowest BCUT2D eigenvalue weighted by Crippen LogP contribution is -2.10. The van der Waals surface area contributed by atoms with Crippen molar-refractivity contribution < 1.29 is 14.1 Å². The van der Waals surface area contributed by atoms with Crippen molar-refractivity contribution in [3.05, 3.63) is 62.8 Å². The summed E-state index contributed by atoms with van der Waals surface area (Å²) in [5.41, 5.74) is 1.08. The molecule has 0 amide bonds. The van der Waals surface area contributed by atoms with Crippen LogP contribution in [0.25, 0.3) is 21.6 Å². The average Bonchev–Trinajstić information content (AvgIpc) is 3.25. The Hall–Kier alpha value is -3.33. The van der Waals surface area contributed by atoms with Gasteiger partial charge >= 0.3 is 5.97 Å². The summed E-state index contributed by atoms with van der Waals surface area (Å²) in [5, 5.41) is 4.28. The van der Waals surface area contributed by atoms with Gasteiger partial charge in [-0.1, -0.05) is 35.5 Å². The van der Waals surface area contributed by atoms with Crippen LogP contribution in [0.5, 0.6) is 0 Å². The van der Waals surface area contributed by atoms with Crippen LogP contribution in [0.1, 0.15) is 27.0 Å². The molecule has 0 saturated carbocycles. The molecule has 1 aromatic carbocycles. The molecule has 8 nitrogen and oxygen atoms in total. The minimum Gasteiger partial charge on any atom is -0.451 e. The quantitative estimate of drug-likeness (QED) is 0.540. The topological polar surface area (TPSA) is 111 Å². The van der Waals surface area contributed by atoms with Crippen LogP contribution in [-0.4, -0.2) is 26.1 Å². The maximum atomic E-state index is 12.4. The van der Waals surface area contributed by atoms with Gasteiger partial charge in [0.05, 0.1) is 5.39 Å². The number of benzene rings is 1. The van der Waals surface area contributed by atoms with E-state index in [1.807, 2.05) is 30.3 Å². The maximum Gasteiger partial charge on any atom is 0.349 e. The molecule has 0 unspecified atom stereocenters. The van der Waals surface area contributed by atoms with Gasteiger partial charge in [-0.25, -0.2) is 9.78 Å². The second-order valence-corrected chi connectivity index (χ2v) is 6.84. The van der Waals surface area contributed by atoms with Gasteiger partial charge in [-0.05, 0) is 19.4 Å². The fourth-order valence-electron chi connectivity index (χ4n) is 2.66. The first-order chi connectivity index (χ1) is 13.0. The van der Waals surface area contributed by atoms with Crippen molar-refractivity contribution in [2.75, 3.05) is 0 Å². The van der Waals surface area contributed by atoms with Gasteiger partial charge in [0.15, 0.2) is 6.61 Å². The van der Waals surface area contributed by atoms with Gasteiger partial charge in [0, 0.05) is 5.56 Å². The fourth-order valence-corrected chi connectivity index (χ4v) is 3.78. The van der Waals surface area contributed by atoms with Crippen LogP contribution in [-0.2, 0) is 11.3 Å². The molecule has 0 spiro atoms. The molecule has 3 heterocycles. The standard InChI is InChI=1S/C18H14N4O4S/c1-9-13-16(23)19-10(2)20-17(13)27-14(9)18(24)25-8-12-21-15(22-26-12)11-6-4-3-5-7-11/h3-7H,8H2,1-2H3,(H,19,20,23). The molecule has 0 aliphatic heterocycles. The number of nitrogens with one attached hydrogen (secondary N) is 1. The third-order valence-corrected chi connectivity index (χ3v) is 5.10. The summed E-state index contributed by atoms with van der Waals surface area (Å²) in [4.78, 5) is 36.5. The lowest BCUT2D eigenvalue weighted by atomic mass is 10.2. The van der Waals surface area contributed by atoms with Crippen molar-refractivity contribution in [1.82, 2.24) is 20.1 Å². The number of hydrogen-bond acceptors (Lipinski definition) is 8. The molecule has 0 fully saturated rings. The van der Waals surface area contributed by atoms with E-state index in [1.54, 1.807) is 13.8 Å². The van der Waals surface area contributed by atoms with Gasteiger partial charge in [-0.15, -0.1) is 11.3 Å². The van der Waals surface area contributed by atoms with Crippen LogP contribution < -0.4 is 5.56 Å². The van der Waals surface area contributed by atoms with E-state index >= 15 is 0 Å². The summed E-state index contributed by atoms with van der Waals surface area (Å²) in [7, 11) is 0. The number of aromatic amines is 1. The first kappa shape index (κ1) is 17.1. The van der Waals surface area contributed by atoms with Crippen LogP contribution >= 0.6 is 11.3 Å². The SMILES string of the molecule is Cc1nc2sc(C(=O)OCc3nc(-c4ccccc4)no3)c(C)c2c(=O)[nH]1. The Morgan fingerprint density at radius 1 is 1.22 bits per heavy atom. The van der Waals surface area contributed by atoms with Crippen LogP contribution in [0.2, 0.25) is 0 Å². The van der Waals surface area contributed by atoms with E-state index < -0.39 is 5.97 Å². The smallest absolute Gasteiger partial charge is 0.349 e. The van der Waals surface area contributed by atoms with E-state index in [-0.39, 0.29) is 18.1 Å². The Kier molecular flexibility index (Phi) is 4.28. The number of carbonyl (C=O) groups excluding carboxylic acids is 1. The van der Waals surface area contributed by atoms with E-state index in [9.17, 15) is 9.59 Å². The van der Waals surface area contributed by atoms with Crippen molar-refractivity contribution in [2.45, 2.75) is 20.5 Å². The summed E-state index contributed by atoms with van der Waals surface area (Å²) >= 11 is 1.13. The summed E-state index contributed by atoms with van der Waals surface area (Å²) < 4.78 is 10.4. The molecule has 0 aliphatic carbocycles. The zero-order chi connectivity index (χ0) is 19.0. The molecular weight excluding hydrogens is 368 g/mol. The highest BCUT2D eigenvalue weighted by atomic mass is 32.1. The van der Waals surface area contributed by atoms with Crippen LogP contribution in [0.15, 0.2) is 39.6 Å². The molecule has 0 radical (unpaired) electrons. The molecule has 3 aromatic heterocycles. The van der Waals surface area contributed by atoms with Crippen LogP contribution in [0, 0.1) is 13.8 Å². The Balaban J connectivity index is 1.53. The van der Waals surface area contributed by atoms with Crippen molar-refractivity contribution in [3.63, 3.8) is 0 Å². The molecule has 9 heteroatoms. The second-order valence-electron chi connectivity index (χ2n) is 5.84. The molecule has 136 valence electrons. The predicted octanol–water partition coefficient (Wildman–Crippen LogP) is 3.01. The molecule has 4 rings (SSSR count). The first-order valence-electron chi connectivity index (χ1n) is 8.08. The largest absolute Gasteiger partial charge is 0.451 e. The fraction of sp³-hybridized carbons (Fsp3) is 0.167.